The first kappa shape index (κ1) is 14.0. The lowest BCUT2D eigenvalue weighted by atomic mass is 10.1. The highest BCUT2D eigenvalue weighted by molar-refractivity contribution is 9.10. The third-order valence-corrected chi connectivity index (χ3v) is 3.61. The summed E-state index contributed by atoms with van der Waals surface area (Å²) in [6.45, 7) is 2.03. The lowest BCUT2D eigenvalue weighted by Gasteiger charge is -2.19. The maximum absolute atomic E-state index is 13.5. The van der Waals surface area contributed by atoms with Crippen LogP contribution in [0.5, 0.6) is 5.75 Å². The van der Waals surface area contributed by atoms with Crippen molar-refractivity contribution in [2.75, 3.05) is 6.54 Å². The Bertz CT molecular complexity index is 574. The number of ether oxygens (including phenoxy) is 1. The van der Waals surface area contributed by atoms with Crippen molar-refractivity contribution >= 4 is 15.9 Å². The second-order valence-electron chi connectivity index (χ2n) is 4.27. The van der Waals surface area contributed by atoms with Crippen molar-refractivity contribution in [1.29, 1.82) is 0 Å². The maximum atomic E-state index is 13.5. The first-order valence-electron chi connectivity index (χ1n) is 5.99. The summed E-state index contributed by atoms with van der Waals surface area (Å²) < 4.78 is 20.2. The molecule has 0 heterocycles. The Balaban J connectivity index is 2.24. The molecule has 0 saturated carbocycles. The minimum Gasteiger partial charge on any atom is -0.484 e. The Labute approximate surface area is 120 Å². The fourth-order valence-corrected chi connectivity index (χ4v) is 2.33. The molecule has 0 fully saturated rings. The van der Waals surface area contributed by atoms with Gasteiger partial charge in [-0.15, -0.1) is 0 Å². The van der Waals surface area contributed by atoms with Gasteiger partial charge in [0, 0.05) is 22.6 Å². The van der Waals surface area contributed by atoms with E-state index >= 15 is 0 Å². The van der Waals surface area contributed by atoms with Crippen molar-refractivity contribution in [1.82, 2.24) is 0 Å². The molecule has 2 nitrogen and oxygen atoms in total. The summed E-state index contributed by atoms with van der Waals surface area (Å²) in [5, 5.41) is 0. The van der Waals surface area contributed by atoms with Gasteiger partial charge in [-0.1, -0.05) is 40.2 Å². The molecule has 0 saturated heterocycles. The van der Waals surface area contributed by atoms with Crippen molar-refractivity contribution in [2.45, 2.75) is 13.0 Å². The lowest BCUT2D eigenvalue weighted by molar-refractivity contribution is 0.212. The van der Waals surface area contributed by atoms with Crippen LogP contribution in [-0.2, 0) is 0 Å². The van der Waals surface area contributed by atoms with E-state index in [0.717, 1.165) is 10.0 Å². The molecular weight excluding hydrogens is 309 g/mol. The lowest BCUT2D eigenvalue weighted by Crippen LogP contribution is -2.19. The van der Waals surface area contributed by atoms with Crippen LogP contribution >= 0.6 is 15.9 Å². The van der Waals surface area contributed by atoms with Gasteiger partial charge in [-0.25, -0.2) is 4.39 Å². The van der Waals surface area contributed by atoms with Crippen molar-refractivity contribution in [2.24, 2.45) is 5.73 Å². The van der Waals surface area contributed by atoms with Gasteiger partial charge in [0.05, 0.1) is 0 Å². The van der Waals surface area contributed by atoms with Gasteiger partial charge in [0.25, 0.3) is 0 Å². The number of halogens is 2. The smallest absolute Gasteiger partial charge is 0.137 e. The third-order valence-electron chi connectivity index (χ3n) is 2.89. The molecule has 100 valence electrons. The van der Waals surface area contributed by atoms with E-state index in [1.54, 1.807) is 19.1 Å². The molecule has 19 heavy (non-hydrogen) atoms. The molecule has 2 rings (SSSR count). The Morgan fingerprint density at radius 1 is 1.26 bits per heavy atom. The average molecular weight is 324 g/mol. The zero-order valence-electron chi connectivity index (χ0n) is 10.6. The Morgan fingerprint density at radius 2 is 2.00 bits per heavy atom. The predicted molar refractivity (Wildman–Crippen MR) is 77.7 cm³/mol. The zero-order chi connectivity index (χ0) is 13.8. The number of aryl methyl sites for hydroxylation is 1. The van der Waals surface area contributed by atoms with E-state index in [2.05, 4.69) is 15.9 Å². The van der Waals surface area contributed by atoms with Crippen LogP contribution in [0.15, 0.2) is 46.9 Å². The molecule has 2 aromatic carbocycles. The van der Waals surface area contributed by atoms with E-state index in [1.807, 2.05) is 24.3 Å². The van der Waals surface area contributed by atoms with Gasteiger partial charge in [-0.05, 0) is 24.6 Å². The third kappa shape index (κ3) is 3.33. The van der Waals surface area contributed by atoms with Gasteiger partial charge < -0.3 is 10.5 Å². The highest BCUT2D eigenvalue weighted by atomic mass is 79.9. The highest BCUT2D eigenvalue weighted by Crippen LogP contribution is 2.27. The summed E-state index contributed by atoms with van der Waals surface area (Å²) in [5.41, 5.74) is 7.29. The Morgan fingerprint density at radius 3 is 2.63 bits per heavy atom. The minimum atomic E-state index is -0.308. The van der Waals surface area contributed by atoms with Gasteiger partial charge in [-0.3, -0.25) is 0 Å². The Kier molecular flexibility index (Phi) is 4.56. The summed E-state index contributed by atoms with van der Waals surface area (Å²) in [6.07, 6.45) is -0.308. The summed E-state index contributed by atoms with van der Waals surface area (Å²) in [5.74, 6) is 0.203. The number of benzene rings is 2. The van der Waals surface area contributed by atoms with E-state index < -0.39 is 0 Å². The van der Waals surface area contributed by atoms with E-state index in [1.165, 1.54) is 6.07 Å². The van der Waals surface area contributed by atoms with Crippen LogP contribution in [0.4, 0.5) is 4.39 Å². The molecule has 2 aromatic rings. The van der Waals surface area contributed by atoms with Crippen molar-refractivity contribution in [3.05, 3.63) is 63.9 Å². The fourth-order valence-electron chi connectivity index (χ4n) is 1.79. The van der Waals surface area contributed by atoms with Crippen LogP contribution in [0, 0.1) is 12.7 Å². The van der Waals surface area contributed by atoms with E-state index in [4.69, 9.17) is 10.5 Å². The largest absolute Gasteiger partial charge is 0.484 e. The molecule has 2 N–H and O–H groups in total. The molecule has 0 radical (unpaired) electrons. The van der Waals surface area contributed by atoms with Crippen LogP contribution in [0.2, 0.25) is 0 Å². The second kappa shape index (κ2) is 6.17. The van der Waals surface area contributed by atoms with Crippen LogP contribution < -0.4 is 10.5 Å². The normalized spacial score (nSPS) is 12.2. The predicted octanol–water partition coefficient (Wildman–Crippen LogP) is 3.98. The summed E-state index contributed by atoms with van der Waals surface area (Å²) in [7, 11) is 0. The number of rotatable bonds is 4. The van der Waals surface area contributed by atoms with Crippen LogP contribution in [0.25, 0.3) is 0 Å². The van der Waals surface area contributed by atoms with E-state index in [0.29, 0.717) is 17.9 Å². The van der Waals surface area contributed by atoms with Gasteiger partial charge in [-0.2, -0.15) is 0 Å². The number of nitrogens with two attached hydrogens (primary N) is 1. The van der Waals surface area contributed by atoms with Gasteiger partial charge in [0.2, 0.25) is 0 Å². The average Bonchev–Trinajstić information content (AvgIpc) is 2.41. The summed E-state index contributed by atoms with van der Waals surface area (Å²) >= 11 is 3.47. The molecule has 0 aliphatic heterocycles. The van der Waals surface area contributed by atoms with Gasteiger partial charge in [0.1, 0.15) is 17.7 Å². The summed E-state index contributed by atoms with van der Waals surface area (Å²) in [6, 6.07) is 12.5. The first-order chi connectivity index (χ1) is 9.11. The Hall–Kier alpha value is -1.39. The standard InChI is InChI=1S/C15H15BrFNO/c1-10-6-7-11(8-14(10)17)19-15(9-18)12-4-2-3-5-13(12)16/h2-8,15H,9,18H2,1H3. The molecular formula is C15H15BrFNO. The number of hydrogen-bond donors (Lipinski definition) is 1. The van der Waals surface area contributed by atoms with Crippen molar-refractivity contribution in [3.8, 4) is 5.75 Å². The van der Waals surface area contributed by atoms with E-state index in [-0.39, 0.29) is 11.9 Å². The molecule has 1 unspecified atom stereocenters. The topological polar surface area (TPSA) is 35.2 Å². The van der Waals surface area contributed by atoms with Crippen LogP contribution in [-0.4, -0.2) is 6.54 Å². The van der Waals surface area contributed by atoms with Crippen molar-refractivity contribution in [3.63, 3.8) is 0 Å². The molecule has 0 aromatic heterocycles. The quantitative estimate of drug-likeness (QED) is 0.923. The minimum absolute atomic E-state index is 0.277. The monoisotopic (exact) mass is 323 g/mol. The van der Waals surface area contributed by atoms with E-state index in [9.17, 15) is 4.39 Å². The first-order valence-corrected chi connectivity index (χ1v) is 6.78. The fraction of sp³-hybridized carbons (Fsp3) is 0.200. The van der Waals surface area contributed by atoms with Crippen molar-refractivity contribution < 1.29 is 9.13 Å². The summed E-state index contributed by atoms with van der Waals surface area (Å²) in [4.78, 5) is 0. The molecule has 4 heteroatoms. The number of hydrogen-bond acceptors (Lipinski definition) is 2. The van der Waals surface area contributed by atoms with Gasteiger partial charge in [0.15, 0.2) is 0 Å². The second-order valence-corrected chi connectivity index (χ2v) is 5.13. The molecule has 0 bridgehead atoms. The SMILES string of the molecule is Cc1ccc(OC(CN)c2ccccc2Br)cc1F. The molecule has 0 amide bonds. The highest BCUT2D eigenvalue weighted by Gasteiger charge is 2.14. The molecule has 1 atom stereocenters. The van der Waals surface area contributed by atoms with Gasteiger partial charge >= 0.3 is 0 Å². The maximum Gasteiger partial charge on any atom is 0.137 e. The zero-order valence-corrected chi connectivity index (χ0v) is 12.2. The van der Waals surface area contributed by atoms with Crippen LogP contribution in [0.1, 0.15) is 17.2 Å². The molecule has 0 aliphatic carbocycles. The molecule has 0 aliphatic rings. The molecule has 0 spiro atoms. The van der Waals surface area contributed by atoms with Crippen LogP contribution in [0.3, 0.4) is 0 Å².